The Bertz CT molecular complexity index is 1310. The van der Waals surface area contributed by atoms with Crippen molar-refractivity contribution in [3.63, 3.8) is 0 Å². The highest BCUT2D eigenvalue weighted by atomic mass is 32.2. The first-order valence-electron chi connectivity index (χ1n) is 10.9. The summed E-state index contributed by atoms with van der Waals surface area (Å²) in [6.07, 6.45) is 4.54. The molecule has 34 heavy (non-hydrogen) atoms. The Morgan fingerprint density at radius 1 is 1.09 bits per heavy atom. The van der Waals surface area contributed by atoms with E-state index in [1.165, 1.54) is 16.8 Å². The van der Waals surface area contributed by atoms with Crippen molar-refractivity contribution in [1.82, 2.24) is 24.5 Å². The van der Waals surface area contributed by atoms with E-state index < -0.39 is 15.9 Å². The van der Waals surface area contributed by atoms with E-state index in [2.05, 4.69) is 27.8 Å². The summed E-state index contributed by atoms with van der Waals surface area (Å²) >= 11 is 1.02. The number of rotatable bonds is 10. The quantitative estimate of drug-likeness (QED) is 0.331. The first kappa shape index (κ1) is 23.9. The van der Waals surface area contributed by atoms with Crippen LogP contribution in [-0.4, -0.2) is 50.6 Å². The fourth-order valence-corrected chi connectivity index (χ4v) is 6.22. The Labute approximate surface area is 201 Å². The zero-order chi connectivity index (χ0) is 24.1. The Kier molecular flexibility index (Phi) is 7.27. The second kappa shape index (κ2) is 10.3. The molecule has 0 saturated carbocycles. The standard InChI is InChI=1S/C22H24N6O4S2/c1-2-3-4-5-13-20(29)23-16-9-8-10-17(14-16)28-22(24-25-26-28)33-15-27-21(30)18-11-6-7-12-19(18)34(27,31)32/h6-12,14H,2-5,13,15H2,1H3,(H,23,29). The molecule has 1 aromatic heterocycles. The molecule has 0 unspecified atom stereocenters. The SMILES string of the molecule is CCCCCCC(=O)Nc1cccc(-n2nnnc2SCN2C(=O)c3ccccc3S2(=O)=O)c1. The lowest BCUT2D eigenvalue weighted by Gasteiger charge is -2.14. The van der Waals surface area contributed by atoms with Crippen molar-refractivity contribution < 1.29 is 18.0 Å². The molecule has 0 spiro atoms. The van der Waals surface area contributed by atoms with Gasteiger partial charge in [0.05, 0.1) is 17.1 Å². The molecule has 1 aliphatic rings. The van der Waals surface area contributed by atoms with Gasteiger partial charge in [0, 0.05) is 12.1 Å². The van der Waals surface area contributed by atoms with Gasteiger partial charge in [0.25, 0.3) is 15.9 Å². The lowest BCUT2D eigenvalue weighted by atomic mass is 10.1. The molecule has 0 bridgehead atoms. The number of hydrogen-bond acceptors (Lipinski definition) is 8. The lowest BCUT2D eigenvalue weighted by Crippen LogP contribution is -2.29. The number of unbranched alkanes of at least 4 members (excludes halogenated alkanes) is 3. The lowest BCUT2D eigenvalue weighted by molar-refractivity contribution is -0.116. The first-order valence-corrected chi connectivity index (χ1v) is 13.3. The summed E-state index contributed by atoms with van der Waals surface area (Å²) in [6, 6.07) is 13.2. The highest BCUT2D eigenvalue weighted by Crippen LogP contribution is 2.32. The second-order valence-electron chi connectivity index (χ2n) is 7.71. The van der Waals surface area contributed by atoms with E-state index in [1.807, 2.05) is 0 Å². The van der Waals surface area contributed by atoms with E-state index in [0.29, 0.717) is 23.0 Å². The van der Waals surface area contributed by atoms with E-state index in [9.17, 15) is 18.0 Å². The summed E-state index contributed by atoms with van der Waals surface area (Å²) < 4.78 is 27.8. The average molecular weight is 501 g/mol. The molecule has 12 heteroatoms. The molecular formula is C22H24N6O4S2. The second-order valence-corrected chi connectivity index (χ2v) is 10.5. The zero-order valence-corrected chi connectivity index (χ0v) is 20.2. The van der Waals surface area contributed by atoms with Gasteiger partial charge in [-0.1, -0.05) is 56.1 Å². The number of nitrogens with one attached hydrogen (secondary N) is 1. The van der Waals surface area contributed by atoms with Gasteiger partial charge in [-0.05, 0) is 47.2 Å². The first-order chi connectivity index (χ1) is 16.4. The van der Waals surface area contributed by atoms with Crippen LogP contribution in [0.15, 0.2) is 58.6 Å². The van der Waals surface area contributed by atoms with E-state index in [-0.39, 0.29) is 22.2 Å². The summed E-state index contributed by atoms with van der Waals surface area (Å²) in [7, 11) is -3.92. The molecule has 1 aliphatic heterocycles. The van der Waals surface area contributed by atoms with Crippen LogP contribution in [0.25, 0.3) is 5.69 Å². The third-order valence-corrected chi connectivity index (χ3v) is 8.15. The summed E-state index contributed by atoms with van der Waals surface area (Å²) in [6.45, 7) is 2.12. The van der Waals surface area contributed by atoms with Gasteiger partial charge in [-0.15, -0.1) is 5.10 Å². The minimum Gasteiger partial charge on any atom is -0.326 e. The number of aromatic nitrogens is 4. The molecule has 2 amide bonds. The van der Waals surface area contributed by atoms with Crippen LogP contribution in [0, 0.1) is 0 Å². The van der Waals surface area contributed by atoms with Gasteiger partial charge in [0.1, 0.15) is 4.90 Å². The van der Waals surface area contributed by atoms with Crippen LogP contribution in [0.3, 0.4) is 0 Å². The third-order valence-electron chi connectivity index (χ3n) is 5.30. The smallest absolute Gasteiger partial charge is 0.269 e. The van der Waals surface area contributed by atoms with Gasteiger partial charge in [-0.2, -0.15) is 4.68 Å². The monoisotopic (exact) mass is 500 g/mol. The number of carbonyl (C=O) groups is 2. The Hall–Kier alpha value is -3.25. The van der Waals surface area contributed by atoms with Crippen molar-refractivity contribution in [3.05, 3.63) is 54.1 Å². The molecule has 1 N–H and O–H groups in total. The van der Waals surface area contributed by atoms with Gasteiger partial charge < -0.3 is 5.32 Å². The molecule has 178 valence electrons. The molecule has 0 radical (unpaired) electrons. The van der Waals surface area contributed by atoms with E-state index >= 15 is 0 Å². The molecule has 10 nitrogen and oxygen atoms in total. The fourth-order valence-electron chi connectivity index (χ4n) is 3.56. The van der Waals surface area contributed by atoms with Crippen molar-refractivity contribution in [2.45, 2.75) is 49.1 Å². The van der Waals surface area contributed by atoms with E-state index in [4.69, 9.17) is 0 Å². The number of fused-ring (bicyclic) bond motifs is 1. The zero-order valence-electron chi connectivity index (χ0n) is 18.5. The maximum absolute atomic E-state index is 12.8. The largest absolute Gasteiger partial charge is 0.326 e. The van der Waals surface area contributed by atoms with Gasteiger partial charge >= 0.3 is 0 Å². The molecule has 2 heterocycles. The van der Waals surface area contributed by atoms with Crippen LogP contribution >= 0.6 is 11.8 Å². The van der Waals surface area contributed by atoms with Crippen LogP contribution in [-0.2, 0) is 14.8 Å². The predicted octanol–water partition coefficient (Wildman–Crippen LogP) is 3.47. The number of amides is 2. The molecule has 0 saturated heterocycles. The normalized spacial score (nSPS) is 14.3. The van der Waals surface area contributed by atoms with Gasteiger partial charge in [-0.25, -0.2) is 12.7 Å². The molecule has 3 aromatic rings. The van der Waals surface area contributed by atoms with E-state index in [0.717, 1.165) is 41.8 Å². The highest BCUT2D eigenvalue weighted by molar-refractivity contribution is 8.00. The predicted molar refractivity (Wildman–Crippen MR) is 127 cm³/mol. The summed E-state index contributed by atoms with van der Waals surface area (Å²) in [4.78, 5) is 24.8. The van der Waals surface area contributed by atoms with Crippen LogP contribution < -0.4 is 5.32 Å². The van der Waals surface area contributed by atoms with Gasteiger partial charge in [0.15, 0.2) is 0 Å². The summed E-state index contributed by atoms with van der Waals surface area (Å²) in [5.41, 5.74) is 1.35. The molecule has 2 aromatic carbocycles. The summed E-state index contributed by atoms with van der Waals surface area (Å²) in [5.74, 6) is -0.813. The molecule has 0 atom stereocenters. The number of hydrogen-bond donors (Lipinski definition) is 1. The highest BCUT2D eigenvalue weighted by Gasteiger charge is 2.41. The molecule has 0 fully saturated rings. The maximum Gasteiger partial charge on any atom is 0.269 e. The van der Waals surface area contributed by atoms with Crippen molar-refractivity contribution >= 4 is 39.3 Å². The minimum absolute atomic E-state index is 0.00155. The van der Waals surface area contributed by atoms with Crippen LogP contribution in [0.5, 0.6) is 0 Å². The average Bonchev–Trinajstić information content (AvgIpc) is 3.37. The number of sulfonamides is 1. The number of nitrogens with zero attached hydrogens (tertiary/aromatic N) is 5. The van der Waals surface area contributed by atoms with Crippen molar-refractivity contribution in [3.8, 4) is 5.69 Å². The Morgan fingerprint density at radius 3 is 2.71 bits per heavy atom. The Balaban J connectivity index is 1.44. The molecule has 0 aliphatic carbocycles. The van der Waals surface area contributed by atoms with Crippen LogP contribution in [0.2, 0.25) is 0 Å². The topological polar surface area (TPSA) is 127 Å². The van der Waals surface area contributed by atoms with Gasteiger partial charge in [-0.3, -0.25) is 9.59 Å². The van der Waals surface area contributed by atoms with Crippen molar-refractivity contribution in [1.29, 1.82) is 0 Å². The third kappa shape index (κ3) is 4.97. The Morgan fingerprint density at radius 2 is 1.91 bits per heavy atom. The molecular weight excluding hydrogens is 476 g/mol. The number of thioether (sulfide) groups is 1. The fraction of sp³-hybridized carbons (Fsp3) is 0.318. The number of benzene rings is 2. The number of carbonyl (C=O) groups excluding carboxylic acids is 2. The maximum atomic E-state index is 12.8. The van der Waals surface area contributed by atoms with E-state index in [1.54, 1.807) is 36.4 Å². The van der Waals surface area contributed by atoms with Crippen molar-refractivity contribution in [2.24, 2.45) is 0 Å². The van der Waals surface area contributed by atoms with Crippen molar-refractivity contribution in [2.75, 3.05) is 11.2 Å². The number of anilines is 1. The van der Waals surface area contributed by atoms with Crippen LogP contribution in [0.1, 0.15) is 49.4 Å². The summed E-state index contributed by atoms with van der Waals surface area (Å²) in [5, 5.41) is 14.8. The van der Waals surface area contributed by atoms with Crippen LogP contribution in [0.4, 0.5) is 5.69 Å². The van der Waals surface area contributed by atoms with Gasteiger partial charge in [0.2, 0.25) is 11.1 Å². The number of tetrazole rings is 1. The minimum atomic E-state index is -3.92. The molecule has 4 rings (SSSR count).